The minimum Gasteiger partial charge on any atom is -0.497 e. The van der Waals surface area contributed by atoms with Crippen molar-refractivity contribution in [2.24, 2.45) is 0 Å². The predicted octanol–water partition coefficient (Wildman–Crippen LogP) is 3.88. The molecule has 0 aliphatic heterocycles. The second-order valence-electron chi connectivity index (χ2n) is 5.13. The average molecular weight is 367 g/mol. The highest BCUT2D eigenvalue weighted by atomic mass is 32.2. The molecule has 0 spiro atoms. The second kappa shape index (κ2) is 9.48. The fourth-order valence-electron chi connectivity index (χ4n) is 1.82. The van der Waals surface area contributed by atoms with Crippen molar-refractivity contribution in [3.63, 3.8) is 0 Å². The van der Waals surface area contributed by atoms with E-state index >= 15 is 0 Å². The smallest absolute Gasteiger partial charge is 0.237 e. The molecule has 0 fully saturated rings. The summed E-state index contributed by atoms with van der Waals surface area (Å²) in [5, 5.41) is 14.9. The first-order valence-corrected chi connectivity index (χ1v) is 9.51. The Morgan fingerprint density at radius 2 is 2.08 bits per heavy atom. The van der Waals surface area contributed by atoms with E-state index in [9.17, 15) is 4.79 Å². The van der Waals surface area contributed by atoms with E-state index in [0.29, 0.717) is 0 Å². The monoisotopic (exact) mass is 366 g/mol. The molecule has 8 heteroatoms. The van der Waals surface area contributed by atoms with Crippen molar-refractivity contribution in [1.82, 2.24) is 10.2 Å². The third-order valence-corrected chi connectivity index (χ3v) is 5.28. The molecule has 0 saturated carbocycles. The van der Waals surface area contributed by atoms with Crippen molar-refractivity contribution in [3.8, 4) is 5.75 Å². The van der Waals surface area contributed by atoms with Gasteiger partial charge in [-0.1, -0.05) is 36.4 Å². The molecule has 1 aromatic carbocycles. The van der Waals surface area contributed by atoms with Crippen LogP contribution >= 0.6 is 23.1 Å². The zero-order chi connectivity index (χ0) is 17.4. The summed E-state index contributed by atoms with van der Waals surface area (Å²) >= 11 is 2.88. The van der Waals surface area contributed by atoms with Crippen molar-refractivity contribution in [3.05, 3.63) is 24.3 Å². The Morgan fingerprint density at radius 3 is 2.75 bits per heavy atom. The van der Waals surface area contributed by atoms with Gasteiger partial charge in [0.25, 0.3) is 0 Å². The maximum absolute atomic E-state index is 12.3. The lowest BCUT2D eigenvalue weighted by Gasteiger charge is -2.10. The van der Waals surface area contributed by atoms with Crippen LogP contribution in [0.3, 0.4) is 0 Å². The summed E-state index contributed by atoms with van der Waals surface area (Å²) in [7, 11) is 1.61. The van der Waals surface area contributed by atoms with Gasteiger partial charge in [0.2, 0.25) is 11.0 Å². The zero-order valence-corrected chi connectivity index (χ0v) is 15.7. The highest BCUT2D eigenvalue weighted by Crippen LogP contribution is 2.29. The molecule has 2 N–H and O–H groups in total. The van der Waals surface area contributed by atoms with Crippen LogP contribution < -0.4 is 15.4 Å². The van der Waals surface area contributed by atoms with Crippen LogP contribution in [0.4, 0.5) is 10.8 Å². The Kier molecular flexibility index (Phi) is 7.33. The van der Waals surface area contributed by atoms with Crippen molar-refractivity contribution in [1.29, 1.82) is 0 Å². The highest BCUT2D eigenvalue weighted by molar-refractivity contribution is 8.02. The Balaban J connectivity index is 1.84. The standard InChI is InChI=1S/C16H22N4O2S2/c1-4-5-10-17-15-19-20-16(24-15)23-11(2)14(21)18-12-6-8-13(22-3)9-7-12/h6-9,11H,4-5,10H2,1-3H3,(H,17,19)(H,18,21)/t11-/m1/s1. The molecule has 1 atom stereocenters. The molecule has 0 saturated heterocycles. The van der Waals surface area contributed by atoms with Crippen molar-refractivity contribution in [2.45, 2.75) is 36.3 Å². The van der Waals surface area contributed by atoms with Crippen LogP contribution in [-0.4, -0.2) is 35.0 Å². The molecule has 0 unspecified atom stereocenters. The summed E-state index contributed by atoms with van der Waals surface area (Å²) in [5.74, 6) is 0.688. The number of methoxy groups -OCH3 is 1. The van der Waals surface area contributed by atoms with Gasteiger partial charge < -0.3 is 15.4 Å². The topological polar surface area (TPSA) is 76.1 Å². The number of unbranched alkanes of at least 4 members (excludes halogenated alkanes) is 1. The van der Waals surface area contributed by atoms with Gasteiger partial charge in [-0.25, -0.2) is 0 Å². The van der Waals surface area contributed by atoms with Gasteiger partial charge in [-0.05, 0) is 37.6 Å². The van der Waals surface area contributed by atoms with E-state index in [-0.39, 0.29) is 11.2 Å². The first-order valence-electron chi connectivity index (χ1n) is 7.81. The van der Waals surface area contributed by atoms with E-state index in [1.54, 1.807) is 7.11 Å². The van der Waals surface area contributed by atoms with Crippen LogP contribution in [-0.2, 0) is 4.79 Å². The number of carbonyl (C=O) groups is 1. The van der Waals surface area contributed by atoms with Crippen LogP contribution in [0.15, 0.2) is 28.6 Å². The van der Waals surface area contributed by atoms with Gasteiger partial charge in [-0.2, -0.15) is 0 Å². The molecule has 0 aliphatic carbocycles. The van der Waals surface area contributed by atoms with Crippen LogP contribution in [0.25, 0.3) is 0 Å². The van der Waals surface area contributed by atoms with Gasteiger partial charge >= 0.3 is 0 Å². The number of carbonyl (C=O) groups excluding carboxylic acids is 1. The van der Waals surface area contributed by atoms with Gasteiger partial charge in [-0.15, -0.1) is 10.2 Å². The number of nitrogens with zero attached hydrogens (tertiary/aromatic N) is 2. The van der Waals surface area contributed by atoms with Gasteiger partial charge in [0.15, 0.2) is 4.34 Å². The first kappa shape index (κ1) is 18.5. The fraction of sp³-hybridized carbons (Fsp3) is 0.438. The normalized spacial score (nSPS) is 11.8. The fourth-order valence-corrected chi connectivity index (χ4v) is 3.75. The summed E-state index contributed by atoms with van der Waals surface area (Å²) in [5.41, 5.74) is 0.743. The molecule has 1 aromatic heterocycles. The number of anilines is 2. The van der Waals surface area contributed by atoms with Crippen molar-refractivity contribution in [2.75, 3.05) is 24.3 Å². The average Bonchev–Trinajstić information content (AvgIpc) is 3.03. The Bertz CT molecular complexity index is 646. The van der Waals surface area contributed by atoms with Gasteiger partial charge in [0.1, 0.15) is 5.75 Å². The molecule has 0 bridgehead atoms. The van der Waals surface area contributed by atoms with E-state index in [1.165, 1.54) is 23.1 Å². The third kappa shape index (κ3) is 5.68. The van der Waals surface area contributed by atoms with E-state index in [1.807, 2.05) is 31.2 Å². The van der Waals surface area contributed by atoms with Gasteiger partial charge in [0, 0.05) is 12.2 Å². The number of benzene rings is 1. The minimum atomic E-state index is -0.261. The zero-order valence-electron chi connectivity index (χ0n) is 14.0. The highest BCUT2D eigenvalue weighted by Gasteiger charge is 2.17. The van der Waals surface area contributed by atoms with Crippen molar-refractivity contribution >= 4 is 39.8 Å². The summed E-state index contributed by atoms with van der Waals surface area (Å²) in [6.07, 6.45) is 2.23. The van der Waals surface area contributed by atoms with Crippen LogP contribution in [0.2, 0.25) is 0 Å². The number of aromatic nitrogens is 2. The SMILES string of the molecule is CCCCNc1nnc(S[C@H](C)C(=O)Nc2ccc(OC)cc2)s1. The lowest BCUT2D eigenvalue weighted by atomic mass is 10.3. The Labute approximate surface area is 150 Å². The second-order valence-corrected chi connectivity index (χ2v) is 7.70. The summed E-state index contributed by atoms with van der Waals surface area (Å²) in [6.45, 7) is 4.89. The number of hydrogen-bond acceptors (Lipinski definition) is 7. The number of rotatable bonds is 9. The number of nitrogens with one attached hydrogen (secondary N) is 2. The molecule has 1 amide bonds. The van der Waals surface area contributed by atoms with Gasteiger partial charge in [0.05, 0.1) is 12.4 Å². The van der Waals surface area contributed by atoms with E-state index in [0.717, 1.165) is 40.3 Å². The predicted molar refractivity (Wildman–Crippen MR) is 100 cm³/mol. The van der Waals surface area contributed by atoms with E-state index in [4.69, 9.17) is 4.74 Å². The molecule has 1 heterocycles. The van der Waals surface area contributed by atoms with Crippen LogP contribution in [0.1, 0.15) is 26.7 Å². The molecule has 6 nitrogen and oxygen atoms in total. The van der Waals surface area contributed by atoms with E-state index < -0.39 is 0 Å². The summed E-state index contributed by atoms with van der Waals surface area (Å²) in [6, 6.07) is 7.25. The molecule has 2 rings (SSSR count). The number of ether oxygens (including phenoxy) is 1. The summed E-state index contributed by atoms with van der Waals surface area (Å²) in [4.78, 5) is 12.3. The molecule has 24 heavy (non-hydrogen) atoms. The maximum Gasteiger partial charge on any atom is 0.237 e. The van der Waals surface area contributed by atoms with Gasteiger partial charge in [-0.3, -0.25) is 4.79 Å². The molecular weight excluding hydrogens is 344 g/mol. The minimum absolute atomic E-state index is 0.0686. The third-order valence-electron chi connectivity index (χ3n) is 3.22. The van der Waals surface area contributed by atoms with E-state index in [2.05, 4.69) is 27.8 Å². The number of hydrogen-bond donors (Lipinski definition) is 2. The summed E-state index contributed by atoms with van der Waals surface area (Å²) < 4.78 is 5.89. The van der Waals surface area contributed by atoms with Crippen molar-refractivity contribution < 1.29 is 9.53 Å². The molecular formula is C16H22N4O2S2. The first-order chi connectivity index (χ1) is 11.6. The maximum atomic E-state index is 12.3. The largest absolute Gasteiger partial charge is 0.497 e. The molecule has 2 aromatic rings. The number of amides is 1. The number of thioether (sulfide) groups is 1. The molecule has 130 valence electrons. The lowest BCUT2D eigenvalue weighted by molar-refractivity contribution is -0.115. The Hall–Kier alpha value is -1.80. The molecule has 0 aliphatic rings. The van der Waals surface area contributed by atoms with Crippen LogP contribution in [0.5, 0.6) is 5.75 Å². The quantitative estimate of drug-likeness (QED) is 0.518. The Morgan fingerprint density at radius 1 is 1.33 bits per heavy atom. The molecule has 0 radical (unpaired) electrons. The lowest BCUT2D eigenvalue weighted by Crippen LogP contribution is -2.22. The van der Waals surface area contributed by atoms with Crippen LogP contribution in [0, 0.1) is 0 Å².